The average molecular weight is 240 g/mol. The molecule has 1 aliphatic rings. The number of likely N-dealkylation sites (tertiary alicyclic amines) is 1. The fourth-order valence-corrected chi connectivity index (χ4v) is 2.47. The summed E-state index contributed by atoms with van der Waals surface area (Å²) in [4.78, 5) is 17.9. The fraction of sp³-hybridized carbons (Fsp3) is 0.600. The van der Waals surface area contributed by atoms with Crippen molar-refractivity contribution in [1.82, 2.24) is 15.2 Å². The summed E-state index contributed by atoms with van der Waals surface area (Å²) >= 11 is 1.29. The molecule has 2 heterocycles. The maximum Gasteiger partial charge on any atom is 0.270 e. The van der Waals surface area contributed by atoms with Crippen molar-refractivity contribution >= 4 is 22.4 Å². The number of nitrogen functional groups attached to an aromatic ring is 1. The van der Waals surface area contributed by atoms with Crippen LogP contribution in [0, 0.1) is 0 Å². The van der Waals surface area contributed by atoms with Gasteiger partial charge in [0, 0.05) is 18.0 Å². The smallest absolute Gasteiger partial charge is 0.270 e. The van der Waals surface area contributed by atoms with E-state index in [1.54, 1.807) is 5.38 Å². The van der Waals surface area contributed by atoms with Crippen molar-refractivity contribution in [3.8, 4) is 0 Å². The number of amides is 1. The van der Waals surface area contributed by atoms with Gasteiger partial charge in [-0.1, -0.05) is 0 Å². The summed E-state index contributed by atoms with van der Waals surface area (Å²) < 4.78 is 0. The Morgan fingerprint density at radius 2 is 2.62 bits per heavy atom. The van der Waals surface area contributed by atoms with Gasteiger partial charge < -0.3 is 16.0 Å². The van der Waals surface area contributed by atoms with E-state index < -0.39 is 0 Å². The van der Waals surface area contributed by atoms with E-state index in [2.05, 4.69) is 22.2 Å². The highest BCUT2D eigenvalue weighted by Crippen LogP contribution is 2.14. The van der Waals surface area contributed by atoms with E-state index in [1.807, 2.05) is 0 Å². The number of hydrogen-bond donors (Lipinski definition) is 2. The van der Waals surface area contributed by atoms with Crippen LogP contribution in [0.2, 0.25) is 0 Å². The molecule has 1 unspecified atom stereocenters. The van der Waals surface area contributed by atoms with Gasteiger partial charge >= 0.3 is 0 Å². The van der Waals surface area contributed by atoms with Crippen molar-refractivity contribution in [2.45, 2.75) is 18.9 Å². The normalized spacial score (nSPS) is 21.2. The maximum atomic E-state index is 11.7. The second kappa shape index (κ2) is 4.80. The number of carbonyl (C=O) groups excluding carboxylic acids is 1. The molecule has 1 fully saturated rings. The van der Waals surface area contributed by atoms with Gasteiger partial charge in [-0.3, -0.25) is 4.79 Å². The van der Waals surface area contributed by atoms with E-state index in [4.69, 9.17) is 5.73 Å². The van der Waals surface area contributed by atoms with E-state index in [9.17, 15) is 4.79 Å². The zero-order valence-electron chi connectivity index (χ0n) is 9.27. The molecule has 16 heavy (non-hydrogen) atoms. The number of carbonyl (C=O) groups is 1. The molecule has 0 bridgehead atoms. The van der Waals surface area contributed by atoms with E-state index in [0.29, 0.717) is 23.4 Å². The van der Waals surface area contributed by atoms with E-state index in [1.165, 1.54) is 17.8 Å². The van der Waals surface area contributed by atoms with Crippen molar-refractivity contribution in [2.75, 3.05) is 25.9 Å². The molecule has 0 radical (unpaired) electrons. The third-order valence-electron chi connectivity index (χ3n) is 2.92. The lowest BCUT2D eigenvalue weighted by Gasteiger charge is -2.19. The summed E-state index contributed by atoms with van der Waals surface area (Å²) in [6.07, 6.45) is 2.36. The Morgan fingerprint density at radius 1 is 1.81 bits per heavy atom. The van der Waals surface area contributed by atoms with Gasteiger partial charge in [-0.05, 0) is 26.4 Å². The lowest BCUT2D eigenvalue weighted by atomic mass is 10.2. The van der Waals surface area contributed by atoms with Gasteiger partial charge in [0.1, 0.15) is 5.69 Å². The zero-order chi connectivity index (χ0) is 11.5. The molecule has 1 saturated heterocycles. The number of rotatable bonds is 3. The molecule has 3 N–H and O–H groups in total. The van der Waals surface area contributed by atoms with Gasteiger partial charge in [-0.2, -0.15) is 0 Å². The number of likely N-dealkylation sites (N-methyl/N-ethyl adjacent to an activating group) is 1. The van der Waals surface area contributed by atoms with Crippen LogP contribution in [-0.2, 0) is 0 Å². The topological polar surface area (TPSA) is 71.2 Å². The van der Waals surface area contributed by atoms with Crippen LogP contribution in [0.3, 0.4) is 0 Å². The minimum atomic E-state index is -0.131. The number of hydrogen-bond acceptors (Lipinski definition) is 5. The van der Waals surface area contributed by atoms with Crippen LogP contribution in [0.1, 0.15) is 23.3 Å². The SMILES string of the molecule is CN1CCCC1CNC(=O)c1csc(N)n1. The Hall–Kier alpha value is -1.14. The van der Waals surface area contributed by atoms with Gasteiger partial charge in [-0.25, -0.2) is 4.98 Å². The molecule has 1 aromatic rings. The Kier molecular flexibility index (Phi) is 3.40. The van der Waals surface area contributed by atoms with Crippen LogP contribution in [0.15, 0.2) is 5.38 Å². The van der Waals surface area contributed by atoms with Gasteiger partial charge in [0.05, 0.1) is 0 Å². The van der Waals surface area contributed by atoms with Crippen molar-refractivity contribution in [3.63, 3.8) is 0 Å². The first-order chi connectivity index (χ1) is 7.66. The highest BCUT2D eigenvalue weighted by molar-refractivity contribution is 7.13. The largest absolute Gasteiger partial charge is 0.375 e. The third kappa shape index (κ3) is 2.51. The second-order valence-corrected chi connectivity index (χ2v) is 4.95. The van der Waals surface area contributed by atoms with Crippen LogP contribution in [-0.4, -0.2) is 42.0 Å². The maximum absolute atomic E-state index is 11.7. The van der Waals surface area contributed by atoms with E-state index >= 15 is 0 Å². The molecule has 2 rings (SSSR count). The van der Waals surface area contributed by atoms with Crippen LogP contribution < -0.4 is 11.1 Å². The Balaban J connectivity index is 1.84. The van der Waals surface area contributed by atoms with Gasteiger partial charge in [-0.15, -0.1) is 11.3 Å². The fourth-order valence-electron chi connectivity index (χ4n) is 1.93. The Bertz CT molecular complexity index is 379. The standard InChI is InChI=1S/C10H16N4OS/c1-14-4-2-3-7(14)5-12-9(15)8-6-16-10(11)13-8/h6-7H,2-5H2,1H3,(H2,11,13)(H,12,15). The average Bonchev–Trinajstić information content (AvgIpc) is 2.84. The summed E-state index contributed by atoms with van der Waals surface area (Å²) in [5.41, 5.74) is 5.90. The minimum Gasteiger partial charge on any atom is -0.375 e. The number of anilines is 1. The van der Waals surface area contributed by atoms with Crippen molar-refractivity contribution < 1.29 is 4.79 Å². The number of aromatic nitrogens is 1. The second-order valence-electron chi connectivity index (χ2n) is 4.06. The number of thiazole rings is 1. The molecule has 1 aromatic heterocycles. The van der Waals surface area contributed by atoms with Gasteiger partial charge in [0.2, 0.25) is 0 Å². The first-order valence-electron chi connectivity index (χ1n) is 5.36. The monoisotopic (exact) mass is 240 g/mol. The summed E-state index contributed by atoms with van der Waals surface area (Å²) in [5, 5.41) is 5.01. The van der Waals surface area contributed by atoms with Crippen LogP contribution in [0.5, 0.6) is 0 Å². The Labute approximate surface area is 98.7 Å². The summed E-state index contributed by atoms with van der Waals surface area (Å²) in [6, 6.07) is 0.458. The quantitative estimate of drug-likeness (QED) is 0.809. The lowest BCUT2D eigenvalue weighted by Crippen LogP contribution is -2.38. The highest BCUT2D eigenvalue weighted by Gasteiger charge is 2.21. The molecular weight excluding hydrogens is 224 g/mol. The molecule has 1 amide bonds. The number of nitrogens with one attached hydrogen (secondary N) is 1. The van der Waals surface area contributed by atoms with Gasteiger partial charge in [0.25, 0.3) is 5.91 Å². The summed E-state index contributed by atoms with van der Waals surface area (Å²) in [6.45, 7) is 1.80. The molecule has 0 aliphatic carbocycles. The van der Waals surface area contributed by atoms with Crippen LogP contribution >= 0.6 is 11.3 Å². The first-order valence-corrected chi connectivity index (χ1v) is 6.24. The molecule has 0 saturated carbocycles. The molecule has 5 nitrogen and oxygen atoms in total. The van der Waals surface area contributed by atoms with Gasteiger partial charge in [0.15, 0.2) is 5.13 Å². The number of nitrogens with two attached hydrogens (primary N) is 1. The zero-order valence-corrected chi connectivity index (χ0v) is 10.1. The third-order valence-corrected chi connectivity index (χ3v) is 3.60. The van der Waals surface area contributed by atoms with Crippen LogP contribution in [0.25, 0.3) is 0 Å². The molecule has 88 valence electrons. The molecular formula is C10H16N4OS. The highest BCUT2D eigenvalue weighted by atomic mass is 32.1. The van der Waals surface area contributed by atoms with Crippen LogP contribution in [0.4, 0.5) is 5.13 Å². The predicted octanol–water partition coefficient (Wildman–Crippen LogP) is 0.549. The van der Waals surface area contributed by atoms with Crippen molar-refractivity contribution in [1.29, 1.82) is 0 Å². The first kappa shape index (κ1) is 11.3. The van der Waals surface area contributed by atoms with E-state index in [0.717, 1.165) is 13.0 Å². The van der Waals surface area contributed by atoms with Crippen molar-refractivity contribution in [2.24, 2.45) is 0 Å². The minimum absolute atomic E-state index is 0.131. The molecule has 0 spiro atoms. The molecule has 0 aromatic carbocycles. The Morgan fingerprint density at radius 3 is 3.19 bits per heavy atom. The molecule has 1 atom stereocenters. The lowest BCUT2D eigenvalue weighted by molar-refractivity contribution is 0.0939. The predicted molar refractivity (Wildman–Crippen MR) is 64.5 cm³/mol. The molecule has 1 aliphatic heterocycles. The van der Waals surface area contributed by atoms with E-state index in [-0.39, 0.29) is 5.91 Å². The van der Waals surface area contributed by atoms with Crippen molar-refractivity contribution in [3.05, 3.63) is 11.1 Å². The number of nitrogens with zero attached hydrogens (tertiary/aromatic N) is 2. The molecule has 6 heteroatoms. The summed E-state index contributed by atoms with van der Waals surface area (Å²) in [7, 11) is 2.09. The summed E-state index contributed by atoms with van der Waals surface area (Å²) in [5.74, 6) is -0.131.